The summed E-state index contributed by atoms with van der Waals surface area (Å²) in [5, 5.41) is 8.72. The van der Waals surface area contributed by atoms with Crippen LogP contribution < -0.4 is 9.47 Å². The fraction of sp³-hybridized carbons (Fsp3) is 0.333. The standard InChI is InChI=1S/C15H17NO5/c1-3-20-12-6-4-5-10-7-11(9-21-14(10)12)15(19)16(2)8-13(17)18/h4-7H,3,8-9H2,1-2H3,(H,17,18). The van der Waals surface area contributed by atoms with E-state index in [1.807, 2.05) is 19.1 Å². The van der Waals surface area contributed by atoms with Crippen LogP contribution in [-0.2, 0) is 9.59 Å². The Hall–Kier alpha value is -2.50. The SMILES string of the molecule is CCOc1cccc2c1OCC(C(=O)N(C)CC(=O)O)=C2. The lowest BCUT2D eigenvalue weighted by atomic mass is 10.1. The number of carboxylic acids is 1. The number of carbonyl (C=O) groups is 2. The molecular weight excluding hydrogens is 274 g/mol. The number of carbonyl (C=O) groups excluding carboxylic acids is 1. The van der Waals surface area contributed by atoms with Gasteiger partial charge in [-0.15, -0.1) is 0 Å². The molecule has 1 N–H and O–H groups in total. The van der Waals surface area contributed by atoms with Crippen LogP contribution >= 0.6 is 0 Å². The smallest absolute Gasteiger partial charge is 0.323 e. The van der Waals surface area contributed by atoms with Crippen LogP contribution in [0.25, 0.3) is 6.08 Å². The average molecular weight is 291 g/mol. The van der Waals surface area contributed by atoms with Gasteiger partial charge >= 0.3 is 5.97 Å². The van der Waals surface area contributed by atoms with E-state index in [0.29, 0.717) is 23.7 Å². The zero-order chi connectivity index (χ0) is 15.4. The van der Waals surface area contributed by atoms with Crippen molar-refractivity contribution in [2.45, 2.75) is 6.92 Å². The summed E-state index contributed by atoms with van der Waals surface area (Å²) < 4.78 is 11.1. The Bertz CT molecular complexity index is 594. The minimum Gasteiger partial charge on any atom is -0.490 e. The number of hydrogen-bond donors (Lipinski definition) is 1. The molecule has 6 nitrogen and oxygen atoms in total. The van der Waals surface area contributed by atoms with Crippen molar-refractivity contribution in [1.29, 1.82) is 0 Å². The maximum absolute atomic E-state index is 12.1. The number of fused-ring (bicyclic) bond motifs is 1. The number of rotatable bonds is 5. The van der Waals surface area contributed by atoms with Crippen molar-refractivity contribution in [2.75, 3.05) is 26.8 Å². The monoisotopic (exact) mass is 291 g/mol. The van der Waals surface area contributed by atoms with Crippen LogP contribution in [0.15, 0.2) is 23.8 Å². The molecule has 21 heavy (non-hydrogen) atoms. The number of nitrogens with zero attached hydrogens (tertiary/aromatic N) is 1. The summed E-state index contributed by atoms with van der Waals surface area (Å²) in [7, 11) is 1.45. The van der Waals surface area contributed by atoms with E-state index in [9.17, 15) is 9.59 Å². The summed E-state index contributed by atoms with van der Waals surface area (Å²) in [5.41, 5.74) is 1.17. The van der Waals surface area contributed by atoms with Gasteiger partial charge in [0, 0.05) is 12.6 Å². The van der Waals surface area contributed by atoms with Gasteiger partial charge in [0.25, 0.3) is 5.91 Å². The van der Waals surface area contributed by atoms with Crippen LogP contribution in [0, 0.1) is 0 Å². The molecule has 1 aliphatic heterocycles. The maximum Gasteiger partial charge on any atom is 0.323 e. The first-order valence-electron chi connectivity index (χ1n) is 6.59. The van der Waals surface area contributed by atoms with E-state index in [0.717, 1.165) is 10.5 Å². The Labute approximate surface area is 122 Å². The number of benzene rings is 1. The van der Waals surface area contributed by atoms with Crippen LogP contribution in [-0.4, -0.2) is 48.7 Å². The van der Waals surface area contributed by atoms with Crippen molar-refractivity contribution in [3.05, 3.63) is 29.3 Å². The third-order valence-corrected chi connectivity index (χ3v) is 3.00. The molecule has 112 valence electrons. The second-order valence-corrected chi connectivity index (χ2v) is 4.62. The number of aliphatic carboxylic acids is 1. The number of likely N-dealkylation sites (N-methyl/N-ethyl adjacent to an activating group) is 1. The molecule has 2 rings (SSSR count). The van der Waals surface area contributed by atoms with Gasteiger partial charge in [-0.2, -0.15) is 0 Å². The van der Waals surface area contributed by atoms with Crippen molar-refractivity contribution >= 4 is 18.0 Å². The second-order valence-electron chi connectivity index (χ2n) is 4.62. The maximum atomic E-state index is 12.1. The highest BCUT2D eigenvalue weighted by molar-refractivity contribution is 6.00. The van der Waals surface area contributed by atoms with Gasteiger partial charge in [0.05, 0.1) is 12.2 Å². The van der Waals surface area contributed by atoms with E-state index in [4.69, 9.17) is 14.6 Å². The van der Waals surface area contributed by atoms with Gasteiger partial charge in [0.2, 0.25) is 0 Å². The number of para-hydroxylation sites is 1. The van der Waals surface area contributed by atoms with Crippen LogP contribution in [0.5, 0.6) is 11.5 Å². The molecule has 1 amide bonds. The van der Waals surface area contributed by atoms with Gasteiger partial charge < -0.3 is 19.5 Å². The molecule has 0 radical (unpaired) electrons. The van der Waals surface area contributed by atoms with Crippen molar-refractivity contribution in [3.63, 3.8) is 0 Å². The highest BCUT2D eigenvalue weighted by Gasteiger charge is 2.23. The van der Waals surface area contributed by atoms with E-state index in [2.05, 4.69) is 0 Å². The molecule has 1 heterocycles. The molecule has 0 aliphatic carbocycles. The molecule has 0 spiro atoms. The average Bonchev–Trinajstić information content (AvgIpc) is 2.46. The number of hydrogen-bond acceptors (Lipinski definition) is 4. The van der Waals surface area contributed by atoms with Crippen molar-refractivity contribution in [2.24, 2.45) is 0 Å². The molecule has 1 aromatic carbocycles. The number of amides is 1. The molecule has 0 atom stereocenters. The molecule has 0 bridgehead atoms. The van der Waals surface area contributed by atoms with Crippen LogP contribution in [0.1, 0.15) is 12.5 Å². The third kappa shape index (κ3) is 3.34. The van der Waals surface area contributed by atoms with Gasteiger partial charge in [-0.3, -0.25) is 9.59 Å². The Morgan fingerprint density at radius 2 is 2.19 bits per heavy atom. The summed E-state index contributed by atoms with van der Waals surface area (Å²) in [6, 6.07) is 5.44. The normalized spacial score (nSPS) is 12.8. The molecule has 1 aliphatic rings. The Morgan fingerprint density at radius 3 is 2.86 bits per heavy atom. The lowest BCUT2D eigenvalue weighted by molar-refractivity contribution is -0.142. The quantitative estimate of drug-likeness (QED) is 0.887. The summed E-state index contributed by atoms with van der Waals surface area (Å²) in [5.74, 6) is -0.166. The highest BCUT2D eigenvalue weighted by Crippen LogP contribution is 2.35. The molecule has 0 aromatic heterocycles. The van der Waals surface area contributed by atoms with Gasteiger partial charge in [0.15, 0.2) is 11.5 Å². The van der Waals surface area contributed by atoms with Gasteiger partial charge in [0.1, 0.15) is 13.2 Å². The Kier molecular flexibility index (Phi) is 4.47. The Morgan fingerprint density at radius 1 is 1.43 bits per heavy atom. The van der Waals surface area contributed by atoms with Crippen molar-refractivity contribution < 1.29 is 24.2 Å². The van der Waals surface area contributed by atoms with E-state index in [-0.39, 0.29) is 19.1 Å². The molecule has 0 saturated carbocycles. The zero-order valence-electron chi connectivity index (χ0n) is 12.0. The van der Waals surface area contributed by atoms with Gasteiger partial charge in [-0.05, 0) is 19.1 Å². The fourth-order valence-corrected chi connectivity index (χ4v) is 2.09. The first-order chi connectivity index (χ1) is 10.0. The first-order valence-corrected chi connectivity index (χ1v) is 6.59. The van der Waals surface area contributed by atoms with Crippen LogP contribution in [0.3, 0.4) is 0 Å². The van der Waals surface area contributed by atoms with Crippen LogP contribution in [0.4, 0.5) is 0 Å². The summed E-state index contributed by atoms with van der Waals surface area (Å²) in [6.45, 7) is 2.16. The molecule has 0 saturated heterocycles. The minimum absolute atomic E-state index is 0.0971. The number of carboxylic acid groups (broad SMARTS) is 1. The molecule has 6 heteroatoms. The van der Waals surface area contributed by atoms with E-state index in [1.165, 1.54) is 7.05 Å². The fourth-order valence-electron chi connectivity index (χ4n) is 2.09. The molecular formula is C15H17NO5. The van der Waals surface area contributed by atoms with Gasteiger partial charge in [-0.25, -0.2) is 0 Å². The predicted octanol–water partition coefficient (Wildman–Crippen LogP) is 1.40. The van der Waals surface area contributed by atoms with Crippen molar-refractivity contribution in [3.8, 4) is 11.5 Å². The third-order valence-electron chi connectivity index (χ3n) is 3.00. The molecule has 0 unspecified atom stereocenters. The largest absolute Gasteiger partial charge is 0.490 e. The van der Waals surface area contributed by atoms with Crippen LogP contribution in [0.2, 0.25) is 0 Å². The summed E-state index contributed by atoms with van der Waals surface area (Å²) in [6.07, 6.45) is 1.71. The minimum atomic E-state index is -1.05. The van der Waals surface area contributed by atoms with Crippen molar-refractivity contribution in [1.82, 2.24) is 4.90 Å². The lowest BCUT2D eigenvalue weighted by Crippen LogP contribution is -2.34. The predicted molar refractivity (Wildman–Crippen MR) is 76.4 cm³/mol. The molecule has 1 aromatic rings. The second kappa shape index (κ2) is 6.30. The Balaban J connectivity index is 2.24. The van der Waals surface area contributed by atoms with Gasteiger partial charge in [-0.1, -0.05) is 12.1 Å². The number of ether oxygens (including phenoxy) is 2. The zero-order valence-corrected chi connectivity index (χ0v) is 12.0. The first kappa shape index (κ1) is 14.9. The van der Waals surface area contributed by atoms with E-state index >= 15 is 0 Å². The van der Waals surface area contributed by atoms with E-state index < -0.39 is 5.97 Å². The lowest BCUT2D eigenvalue weighted by Gasteiger charge is -2.22. The summed E-state index contributed by atoms with van der Waals surface area (Å²) >= 11 is 0. The topological polar surface area (TPSA) is 76.1 Å². The summed E-state index contributed by atoms with van der Waals surface area (Å²) in [4.78, 5) is 23.9. The highest BCUT2D eigenvalue weighted by atomic mass is 16.5. The van der Waals surface area contributed by atoms with E-state index in [1.54, 1.807) is 12.1 Å². The molecule has 0 fully saturated rings.